The molecule has 0 radical (unpaired) electrons. The van der Waals surface area contributed by atoms with Crippen molar-refractivity contribution < 1.29 is 38.4 Å². The molecule has 0 bridgehead atoms. The first-order valence-corrected chi connectivity index (χ1v) is 4.87. The van der Waals surface area contributed by atoms with Crippen LogP contribution >= 0.6 is 7.82 Å². The molecule has 12 heteroatoms. The molecule has 0 spiro atoms. The minimum atomic E-state index is -5.39. The van der Waals surface area contributed by atoms with E-state index in [1.807, 2.05) is 0 Å². The van der Waals surface area contributed by atoms with Gasteiger partial charge in [0.2, 0.25) is 0 Å². The van der Waals surface area contributed by atoms with Crippen LogP contribution in [0.4, 0.5) is 0 Å². The van der Waals surface area contributed by atoms with Gasteiger partial charge in [0.05, 0.1) is 0 Å². The van der Waals surface area contributed by atoms with E-state index in [-0.39, 0.29) is 19.4 Å². The Bertz CT molecular complexity index is 109. The molecule has 0 saturated heterocycles. The SMILES string of the molecule is O=P([O-])([O-])[O-].O[Si](O)(O)O.[B+3].[SiH4]. The maximum Gasteiger partial charge on any atom is 3.00 e. The van der Waals surface area contributed by atoms with Gasteiger partial charge in [-0.25, -0.2) is 0 Å². The minimum absolute atomic E-state index is 0. The molecule has 0 aromatic heterocycles. The first-order chi connectivity index (χ1) is 4.00. The van der Waals surface area contributed by atoms with E-state index in [2.05, 4.69) is 0 Å². The molecule has 0 aliphatic heterocycles. The molecule has 12 heavy (non-hydrogen) atoms. The van der Waals surface area contributed by atoms with Crippen LogP contribution in [0, 0.1) is 0 Å². The quantitative estimate of drug-likeness (QED) is 0.236. The molecule has 0 aliphatic carbocycles. The molecule has 0 rings (SSSR count). The van der Waals surface area contributed by atoms with E-state index in [9.17, 15) is 0 Å². The largest absolute Gasteiger partial charge is 3.00 e. The Hall–Kier alpha value is 0.449. The monoisotopic (exact) mass is 234 g/mol. The maximum absolute atomic E-state index is 8.55. The van der Waals surface area contributed by atoms with Crippen molar-refractivity contribution in [3.63, 3.8) is 0 Å². The fourth-order valence-electron chi connectivity index (χ4n) is 0. The third-order valence-corrected chi connectivity index (χ3v) is 0. The Morgan fingerprint density at radius 1 is 1.00 bits per heavy atom. The molecule has 0 unspecified atom stereocenters. The van der Waals surface area contributed by atoms with E-state index < -0.39 is 16.9 Å². The van der Waals surface area contributed by atoms with Crippen molar-refractivity contribution in [3.05, 3.63) is 0 Å². The van der Waals surface area contributed by atoms with E-state index in [0.717, 1.165) is 0 Å². The Morgan fingerprint density at radius 3 is 1.00 bits per heavy atom. The molecule has 0 fully saturated rings. The molecule has 0 aliphatic rings. The number of hydrogen-bond donors (Lipinski definition) is 4. The van der Waals surface area contributed by atoms with Gasteiger partial charge in [-0.15, -0.1) is 0 Å². The van der Waals surface area contributed by atoms with Gasteiger partial charge in [-0.05, 0) is 11.0 Å². The van der Waals surface area contributed by atoms with E-state index in [4.69, 9.17) is 38.4 Å². The summed E-state index contributed by atoms with van der Waals surface area (Å²) in [5, 5.41) is 0. The van der Waals surface area contributed by atoms with Gasteiger partial charge in [0.25, 0.3) is 0 Å². The predicted molar refractivity (Wildman–Crippen MR) is 39.3 cm³/mol. The Balaban J connectivity index is -0.0000000457. The summed E-state index contributed by atoms with van der Waals surface area (Å²) in [7, 11) is -10.0. The summed E-state index contributed by atoms with van der Waals surface area (Å²) in [5.41, 5.74) is 0. The van der Waals surface area contributed by atoms with Crippen molar-refractivity contribution in [1.82, 2.24) is 0 Å². The van der Waals surface area contributed by atoms with Crippen molar-refractivity contribution in [1.29, 1.82) is 0 Å². The molecular weight excluding hydrogens is 226 g/mol. The molecule has 72 valence electrons. The van der Waals surface area contributed by atoms with E-state index >= 15 is 0 Å². The fraction of sp³-hybridized carbons (Fsp3) is 0. The van der Waals surface area contributed by atoms with E-state index in [1.165, 1.54) is 0 Å². The van der Waals surface area contributed by atoms with Crippen LogP contribution in [-0.4, -0.2) is 47.6 Å². The molecule has 0 heterocycles. The van der Waals surface area contributed by atoms with Gasteiger partial charge in [0.15, 0.2) is 0 Å². The van der Waals surface area contributed by atoms with Crippen LogP contribution in [0.3, 0.4) is 0 Å². The summed E-state index contributed by atoms with van der Waals surface area (Å²) in [4.78, 5) is 55.0. The van der Waals surface area contributed by atoms with Gasteiger partial charge in [-0.1, -0.05) is 0 Å². The van der Waals surface area contributed by atoms with Crippen LogP contribution in [0.2, 0.25) is 0 Å². The average Bonchev–Trinajstić information content (AvgIpc) is 1.12. The topological polar surface area (TPSA) is 167 Å². The van der Waals surface area contributed by atoms with Crippen LogP contribution in [0.25, 0.3) is 0 Å². The van der Waals surface area contributed by atoms with Crippen LogP contribution in [-0.2, 0) is 4.57 Å². The van der Waals surface area contributed by atoms with Crippen LogP contribution in [0.5, 0.6) is 0 Å². The smallest absolute Gasteiger partial charge is 0.822 e. The number of hydrogen-bond acceptors (Lipinski definition) is 8. The first kappa shape index (κ1) is 22.9. The van der Waals surface area contributed by atoms with Crippen LogP contribution < -0.4 is 14.7 Å². The molecule has 8 nitrogen and oxygen atoms in total. The summed E-state index contributed by atoms with van der Waals surface area (Å²) in [6.07, 6.45) is 0. The number of phosphoric acid groups is 1. The van der Waals surface area contributed by atoms with Crippen LogP contribution in [0.1, 0.15) is 0 Å². The second-order valence-corrected chi connectivity index (χ2v) is 3.14. The average molecular weight is 234 g/mol. The maximum atomic E-state index is 8.55. The molecule has 0 atom stereocenters. The van der Waals surface area contributed by atoms with Gasteiger partial charge in [0, 0.05) is 0 Å². The van der Waals surface area contributed by atoms with Gasteiger partial charge in [-0.3, -0.25) is 0 Å². The second-order valence-electron chi connectivity index (χ2n) is 1.05. The van der Waals surface area contributed by atoms with Crippen molar-refractivity contribution in [3.8, 4) is 0 Å². The van der Waals surface area contributed by atoms with Crippen molar-refractivity contribution in [2.75, 3.05) is 0 Å². The van der Waals surface area contributed by atoms with E-state index in [1.54, 1.807) is 0 Å². The molecule has 0 aromatic rings. The van der Waals surface area contributed by atoms with Gasteiger partial charge < -0.3 is 38.4 Å². The summed E-state index contributed by atoms with van der Waals surface area (Å²) >= 11 is 0. The fourth-order valence-corrected chi connectivity index (χ4v) is 0. The molecule has 0 saturated carbocycles. The summed E-state index contributed by atoms with van der Waals surface area (Å²) in [6.45, 7) is 0. The zero-order valence-corrected chi connectivity index (χ0v) is 6.84. The van der Waals surface area contributed by atoms with Crippen molar-refractivity contribution >= 4 is 36.2 Å². The molecule has 4 N–H and O–H groups in total. The van der Waals surface area contributed by atoms with Gasteiger partial charge >= 0.3 is 17.5 Å². The zero-order chi connectivity index (χ0) is 9.00. The third-order valence-electron chi connectivity index (χ3n) is 0. The zero-order valence-electron chi connectivity index (χ0n) is 4.95. The summed E-state index contributed by atoms with van der Waals surface area (Å²) in [5.74, 6) is 0. The Labute approximate surface area is 75.5 Å². The van der Waals surface area contributed by atoms with Crippen LogP contribution in [0.15, 0.2) is 0 Å². The first-order valence-electron chi connectivity index (χ1n) is 1.62. The van der Waals surface area contributed by atoms with Crippen molar-refractivity contribution in [2.24, 2.45) is 0 Å². The Kier molecular flexibility index (Phi) is 15.4. The molecule has 0 aromatic carbocycles. The second kappa shape index (κ2) is 8.07. The minimum Gasteiger partial charge on any atom is -0.822 e. The molecule has 0 amide bonds. The molecular formula is H8BO8PSi2. The number of rotatable bonds is 0. The van der Waals surface area contributed by atoms with Crippen molar-refractivity contribution in [2.45, 2.75) is 0 Å². The Morgan fingerprint density at radius 2 is 1.00 bits per heavy atom. The summed E-state index contributed by atoms with van der Waals surface area (Å²) in [6, 6.07) is 0. The normalized spacial score (nSPS) is 9.92. The summed E-state index contributed by atoms with van der Waals surface area (Å²) < 4.78 is 8.55. The van der Waals surface area contributed by atoms with E-state index in [0.29, 0.717) is 0 Å². The predicted octanol–water partition coefficient (Wildman–Crippen LogP) is -7.27. The van der Waals surface area contributed by atoms with Gasteiger partial charge in [0.1, 0.15) is 0 Å². The standard InChI is InChI=1S/B.H3O4P.H4O4Si.H4Si/c;2*1-5(2,3)4;/h;(H3,1,2,3,4);1-4H;1H4/q+3;;;/p-3. The van der Waals surface area contributed by atoms with Gasteiger partial charge in [-0.2, -0.15) is 7.82 Å². The third kappa shape index (κ3) is 4630.